The van der Waals surface area contributed by atoms with E-state index in [4.69, 9.17) is 18.9 Å². The molecule has 8 atom stereocenters. The van der Waals surface area contributed by atoms with Gasteiger partial charge in [0.25, 0.3) is 0 Å². The number of carbonyl (C=O) groups is 4. The topological polar surface area (TPSA) is 105 Å². The van der Waals surface area contributed by atoms with Gasteiger partial charge in [-0.3, -0.25) is 19.2 Å². The molecule has 8 heteroatoms. The van der Waals surface area contributed by atoms with Gasteiger partial charge in [0.1, 0.15) is 23.9 Å². The van der Waals surface area contributed by atoms with Crippen molar-refractivity contribution in [2.75, 3.05) is 0 Å². The number of fused-ring (bicyclic) bond motifs is 4. The normalized spacial score (nSPS) is 32.4. The van der Waals surface area contributed by atoms with E-state index < -0.39 is 16.4 Å². The Bertz CT molecular complexity index is 853. The Morgan fingerprint density at radius 1 is 0.786 bits per heavy atom. The van der Waals surface area contributed by atoms with Crippen molar-refractivity contribution in [3.8, 4) is 0 Å². The first kappa shape index (κ1) is 44.3. The highest BCUT2D eigenvalue weighted by Gasteiger charge is 2.63. The summed E-state index contributed by atoms with van der Waals surface area (Å²) in [5.74, 6) is -0.141. The van der Waals surface area contributed by atoms with Gasteiger partial charge in [-0.15, -0.1) is 0 Å². The van der Waals surface area contributed by atoms with Gasteiger partial charge in [0, 0.05) is 18.3 Å². The van der Waals surface area contributed by atoms with E-state index in [0.717, 1.165) is 25.7 Å². The van der Waals surface area contributed by atoms with Crippen LogP contribution in [-0.4, -0.2) is 47.8 Å². The lowest BCUT2D eigenvalue weighted by Crippen LogP contribution is -2.57. The van der Waals surface area contributed by atoms with E-state index in [-0.39, 0.29) is 89.6 Å². The van der Waals surface area contributed by atoms with Gasteiger partial charge in [-0.1, -0.05) is 57.4 Å². The summed E-state index contributed by atoms with van der Waals surface area (Å²) in [5, 5.41) is 0. The second-order valence-corrected chi connectivity index (χ2v) is 12.9. The molecule has 250 valence electrons. The maximum absolute atomic E-state index is 11.9. The smallest absolute Gasteiger partial charge is 0.311 e. The first-order chi connectivity index (χ1) is 17.6. The number of hydrogen-bond acceptors (Lipinski definition) is 8. The van der Waals surface area contributed by atoms with E-state index in [9.17, 15) is 19.2 Å². The minimum absolute atomic E-state index is 0. The van der Waals surface area contributed by atoms with Gasteiger partial charge in [0.2, 0.25) is 0 Å². The molecule has 42 heavy (non-hydrogen) atoms. The minimum Gasteiger partial charge on any atom is -0.458 e. The zero-order valence-electron chi connectivity index (χ0n) is 25.3. The number of rotatable bonds is 2. The van der Waals surface area contributed by atoms with Crippen LogP contribution in [0.4, 0.5) is 0 Å². The molecule has 6 bridgehead atoms. The Hall–Kier alpha value is -2.12. The molecule has 8 nitrogen and oxygen atoms in total. The van der Waals surface area contributed by atoms with Crippen LogP contribution in [0.25, 0.3) is 0 Å². The van der Waals surface area contributed by atoms with E-state index >= 15 is 0 Å². The monoisotopic (exact) mass is 602 g/mol. The standard InChI is InChI=1S/C13H18O4.C13H20O4.2C2H6.4CH4/c1-13(2,3)12(15)17-10-7-4-6-5-8(7)11(14)16-9(6)10;1-12(2,3)11(15)16-9-7-8-5-6-13(9,4)17-10(8)14;2*1-2;;;;/h6-10H,4-5H2,1-3H3;8-9H,5-7H2,1-4H3;2*1-2H3;4*1H4. The summed E-state index contributed by atoms with van der Waals surface area (Å²) in [5.41, 5.74) is -1.63. The van der Waals surface area contributed by atoms with E-state index in [1.165, 1.54) is 0 Å². The highest BCUT2D eigenvalue weighted by molar-refractivity contribution is 5.78. The summed E-state index contributed by atoms with van der Waals surface area (Å²) >= 11 is 0. The molecule has 3 aliphatic carbocycles. The second kappa shape index (κ2) is 16.7. The molecular weight excluding hydrogens is 536 g/mol. The quantitative estimate of drug-likeness (QED) is 0.230. The molecule has 0 N–H and O–H groups in total. The van der Waals surface area contributed by atoms with Crippen LogP contribution in [0.5, 0.6) is 0 Å². The third-order valence-electron chi connectivity index (χ3n) is 7.97. The molecule has 7 aliphatic rings. The minimum atomic E-state index is -0.618. The zero-order chi connectivity index (χ0) is 29.2. The molecule has 7 fully saturated rings. The average molecular weight is 603 g/mol. The van der Waals surface area contributed by atoms with Crippen LogP contribution in [0, 0.1) is 34.5 Å². The van der Waals surface area contributed by atoms with Gasteiger partial charge >= 0.3 is 23.9 Å². The molecule has 0 aromatic carbocycles. The van der Waals surface area contributed by atoms with E-state index in [1.54, 1.807) is 0 Å². The molecule has 0 radical (unpaired) electrons. The van der Waals surface area contributed by atoms with Crippen LogP contribution in [0.3, 0.4) is 0 Å². The predicted octanol–water partition coefficient (Wildman–Crippen LogP) is 8.18. The molecule has 0 aromatic rings. The van der Waals surface area contributed by atoms with Crippen LogP contribution in [0.1, 0.15) is 138 Å². The van der Waals surface area contributed by atoms with Crippen LogP contribution >= 0.6 is 0 Å². The van der Waals surface area contributed by atoms with E-state index in [2.05, 4.69) is 0 Å². The number of ether oxygens (including phenoxy) is 4. The highest BCUT2D eigenvalue weighted by atomic mass is 16.6. The summed E-state index contributed by atoms with van der Waals surface area (Å²) in [4.78, 5) is 46.8. The summed E-state index contributed by atoms with van der Waals surface area (Å²) in [6.07, 6.45) is 3.49. The highest BCUT2D eigenvalue weighted by Crippen LogP contribution is 2.55. The molecule has 4 aliphatic heterocycles. The molecule has 3 saturated carbocycles. The number of esters is 4. The molecular formula is C34H66O8. The van der Waals surface area contributed by atoms with Gasteiger partial charge in [0.15, 0.2) is 0 Å². The van der Waals surface area contributed by atoms with Gasteiger partial charge in [0.05, 0.1) is 22.7 Å². The van der Waals surface area contributed by atoms with Crippen molar-refractivity contribution in [3.63, 3.8) is 0 Å². The Balaban J connectivity index is -0.000000597. The van der Waals surface area contributed by atoms with Crippen LogP contribution in [0.15, 0.2) is 0 Å². The molecule has 7 rings (SSSR count). The van der Waals surface area contributed by atoms with Crippen LogP contribution < -0.4 is 0 Å². The van der Waals surface area contributed by atoms with Crippen molar-refractivity contribution in [1.82, 2.24) is 0 Å². The van der Waals surface area contributed by atoms with E-state index in [1.807, 2.05) is 76.2 Å². The van der Waals surface area contributed by atoms with Gasteiger partial charge in [-0.2, -0.15) is 0 Å². The first-order valence-corrected chi connectivity index (χ1v) is 14.5. The predicted molar refractivity (Wildman–Crippen MR) is 170 cm³/mol. The molecule has 0 spiro atoms. The van der Waals surface area contributed by atoms with Crippen LogP contribution in [0.2, 0.25) is 0 Å². The fourth-order valence-electron chi connectivity index (χ4n) is 5.73. The zero-order valence-corrected chi connectivity index (χ0v) is 25.3. The average Bonchev–Trinajstić information content (AvgIpc) is 3.38. The van der Waals surface area contributed by atoms with Crippen molar-refractivity contribution in [1.29, 1.82) is 0 Å². The van der Waals surface area contributed by atoms with Crippen molar-refractivity contribution in [2.45, 2.75) is 162 Å². The summed E-state index contributed by atoms with van der Waals surface area (Å²) in [6.45, 7) is 20.9. The molecule has 0 amide bonds. The first-order valence-electron chi connectivity index (χ1n) is 14.5. The third-order valence-corrected chi connectivity index (χ3v) is 7.97. The summed E-state index contributed by atoms with van der Waals surface area (Å²) < 4.78 is 21.8. The second-order valence-electron chi connectivity index (χ2n) is 12.9. The fraction of sp³-hybridized carbons (Fsp3) is 0.882. The Labute approximate surface area is 258 Å². The lowest BCUT2D eigenvalue weighted by Gasteiger charge is -2.48. The van der Waals surface area contributed by atoms with Crippen LogP contribution in [-0.2, 0) is 38.1 Å². The summed E-state index contributed by atoms with van der Waals surface area (Å²) in [6, 6.07) is 0. The maximum atomic E-state index is 11.9. The van der Waals surface area contributed by atoms with Crippen molar-refractivity contribution < 1.29 is 38.1 Å². The number of carbonyl (C=O) groups excluding carboxylic acids is 4. The third kappa shape index (κ3) is 9.19. The molecule has 0 aromatic heterocycles. The fourth-order valence-corrected chi connectivity index (χ4v) is 5.73. The largest absolute Gasteiger partial charge is 0.458 e. The SMILES string of the molecule is C.C.C.C.CC.CC.CC(C)(C)C(=O)OC1C2CC3CC2C(=O)OC31.CC(C)(C)C(=O)OC1CC2CCC1(C)OC2=O. The number of hydrogen-bond donors (Lipinski definition) is 0. The Kier molecular flexibility index (Phi) is 17.6. The molecule has 4 heterocycles. The van der Waals surface area contributed by atoms with Gasteiger partial charge in [-0.25, -0.2) is 0 Å². The van der Waals surface area contributed by atoms with Gasteiger partial charge in [-0.05, 0) is 74.1 Å². The van der Waals surface area contributed by atoms with Crippen molar-refractivity contribution >= 4 is 23.9 Å². The van der Waals surface area contributed by atoms with Crippen molar-refractivity contribution in [3.05, 3.63) is 0 Å². The lowest BCUT2D eigenvalue weighted by atomic mass is 9.74. The summed E-state index contributed by atoms with van der Waals surface area (Å²) in [7, 11) is 0. The van der Waals surface area contributed by atoms with Crippen molar-refractivity contribution in [2.24, 2.45) is 34.5 Å². The maximum Gasteiger partial charge on any atom is 0.311 e. The van der Waals surface area contributed by atoms with Gasteiger partial charge < -0.3 is 18.9 Å². The lowest BCUT2D eigenvalue weighted by molar-refractivity contribution is -0.221. The Morgan fingerprint density at radius 2 is 1.29 bits per heavy atom. The molecule has 8 unspecified atom stereocenters. The van der Waals surface area contributed by atoms with E-state index in [0.29, 0.717) is 12.3 Å². The molecule has 4 saturated heterocycles. The Morgan fingerprint density at radius 3 is 1.71 bits per heavy atom.